The second-order valence-corrected chi connectivity index (χ2v) is 3.88. The number of hydrogen-bond acceptors (Lipinski definition) is 4. The van der Waals surface area contributed by atoms with Crippen molar-refractivity contribution in [2.45, 2.75) is 0 Å². The van der Waals surface area contributed by atoms with Gasteiger partial charge < -0.3 is 15.6 Å². The van der Waals surface area contributed by atoms with Crippen molar-refractivity contribution in [3.05, 3.63) is 53.3 Å². The van der Waals surface area contributed by atoms with Gasteiger partial charge in [-0.2, -0.15) is 5.26 Å². The van der Waals surface area contributed by atoms with E-state index in [2.05, 4.69) is 0 Å². The lowest BCUT2D eigenvalue weighted by atomic mass is 10.1. The molecule has 0 fully saturated rings. The summed E-state index contributed by atoms with van der Waals surface area (Å²) in [6.07, 6.45) is 0. The first-order chi connectivity index (χ1) is 9.52. The number of anilines is 1. The first kappa shape index (κ1) is 13.4. The summed E-state index contributed by atoms with van der Waals surface area (Å²) in [5.41, 5.74) is 5.23. The molecule has 20 heavy (non-hydrogen) atoms. The molecule has 0 aromatic heterocycles. The van der Waals surface area contributed by atoms with Crippen molar-refractivity contribution in [3.8, 4) is 17.6 Å². The molecule has 6 heteroatoms. The van der Waals surface area contributed by atoms with Crippen LogP contribution in [0.25, 0.3) is 0 Å². The second kappa shape index (κ2) is 5.28. The summed E-state index contributed by atoms with van der Waals surface area (Å²) < 4.78 is 18.8. The molecule has 5 nitrogen and oxygen atoms in total. The molecule has 2 aromatic rings. The van der Waals surface area contributed by atoms with Gasteiger partial charge in [-0.1, -0.05) is 6.07 Å². The third kappa shape index (κ3) is 2.52. The van der Waals surface area contributed by atoms with Gasteiger partial charge in [0.15, 0.2) is 0 Å². The van der Waals surface area contributed by atoms with Crippen molar-refractivity contribution in [3.63, 3.8) is 0 Å². The zero-order valence-electron chi connectivity index (χ0n) is 10.1. The molecule has 0 aliphatic heterocycles. The summed E-state index contributed by atoms with van der Waals surface area (Å²) in [4.78, 5) is 11.0. The Bertz CT molecular complexity index is 723. The van der Waals surface area contributed by atoms with Gasteiger partial charge in [0.25, 0.3) is 0 Å². The van der Waals surface area contributed by atoms with Gasteiger partial charge >= 0.3 is 5.97 Å². The molecule has 0 saturated heterocycles. The molecule has 0 saturated carbocycles. The number of nitrogens with two attached hydrogens (primary N) is 1. The molecule has 100 valence electrons. The van der Waals surface area contributed by atoms with Crippen molar-refractivity contribution in [2.24, 2.45) is 0 Å². The number of nitrogen functional groups attached to an aromatic ring is 1. The van der Waals surface area contributed by atoms with E-state index in [1.165, 1.54) is 30.3 Å². The number of carboxylic acids is 1. The molecule has 2 aromatic carbocycles. The average molecular weight is 272 g/mol. The van der Waals surface area contributed by atoms with Gasteiger partial charge in [-0.05, 0) is 30.3 Å². The lowest BCUT2D eigenvalue weighted by Gasteiger charge is -2.09. The van der Waals surface area contributed by atoms with Crippen LogP contribution in [-0.4, -0.2) is 11.1 Å². The molecule has 0 radical (unpaired) electrons. The first-order valence-corrected chi connectivity index (χ1v) is 5.52. The number of carboxylic acid groups (broad SMARTS) is 1. The molecule has 0 aliphatic rings. The number of carbonyl (C=O) groups is 1. The lowest BCUT2D eigenvalue weighted by Crippen LogP contribution is -2.02. The van der Waals surface area contributed by atoms with E-state index in [4.69, 9.17) is 20.8 Å². The van der Waals surface area contributed by atoms with Crippen LogP contribution in [0.5, 0.6) is 11.5 Å². The lowest BCUT2D eigenvalue weighted by molar-refractivity contribution is 0.0697. The number of hydrogen-bond donors (Lipinski definition) is 2. The Kier molecular flexibility index (Phi) is 3.53. The van der Waals surface area contributed by atoms with E-state index in [1.807, 2.05) is 0 Å². The maximum atomic E-state index is 13.4. The second-order valence-electron chi connectivity index (χ2n) is 3.88. The fraction of sp³-hybridized carbons (Fsp3) is 0. The predicted molar refractivity (Wildman–Crippen MR) is 69.0 cm³/mol. The van der Waals surface area contributed by atoms with Crippen LogP contribution in [0.15, 0.2) is 36.4 Å². The minimum atomic E-state index is -1.20. The Morgan fingerprint density at radius 1 is 1.35 bits per heavy atom. The average Bonchev–Trinajstić information content (AvgIpc) is 2.41. The summed E-state index contributed by atoms with van der Waals surface area (Å²) in [6, 6.07) is 9.65. The fourth-order valence-corrected chi connectivity index (χ4v) is 1.61. The molecule has 3 N–H and O–H groups in total. The van der Waals surface area contributed by atoms with E-state index >= 15 is 0 Å². The first-order valence-electron chi connectivity index (χ1n) is 5.52. The van der Waals surface area contributed by atoms with Gasteiger partial charge in [0.2, 0.25) is 0 Å². The Labute approximate surface area is 113 Å². The van der Waals surface area contributed by atoms with E-state index < -0.39 is 11.8 Å². The van der Waals surface area contributed by atoms with Crippen LogP contribution in [0.2, 0.25) is 0 Å². The molecule has 0 unspecified atom stereocenters. The summed E-state index contributed by atoms with van der Waals surface area (Å²) in [6.45, 7) is 0. The summed E-state index contributed by atoms with van der Waals surface area (Å²) in [7, 11) is 0. The van der Waals surface area contributed by atoms with Gasteiger partial charge in [-0.3, -0.25) is 0 Å². The topological polar surface area (TPSA) is 96.3 Å². The maximum absolute atomic E-state index is 13.4. The monoisotopic (exact) mass is 272 g/mol. The Morgan fingerprint density at radius 3 is 2.75 bits per heavy atom. The number of benzene rings is 2. The van der Waals surface area contributed by atoms with Crippen molar-refractivity contribution in [1.82, 2.24) is 0 Å². The Hall–Kier alpha value is -3.07. The predicted octanol–water partition coefficient (Wildman–Crippen LogP) is 2.77. The fourth-order valence-electron chi connectivity index (χ4n) is 1.61. The number of aromatic carboxylic acids is 1. The Morgan fingerprint density at radius 2 is 2.10 bits per heavy atom. The summed E-state index contributed by atoms with van der Waals surface area (Å²) in [5.74, 6) is -1.75. The van der Waals surface area contributed by atoms with Crippen LogP contribution in [-0.2, 0) is 0 Å². The van der Waals surface area contributed by atoms with E-state index in [-0.39, 0.29) is 28.3 Å². The van der Waals surface area contributed by atoms with Crippen molar-refractivity contribution in [1.29, 1.82) is 5.26 Å². The van der Waals surface area contributed by atoms with Crippen molar-refractivity contribution >= 4 is 11.7 Å². The van der Waals surface area contributed by atoms with E-state index in [0.29, 0.717) is 0 Å². The molecule has 0 atom stereocenters. The van der Waals surface area contributed by atoms with Crippen LogP contribution >= 0.6 is 0 Å². The molecule has 0 amide bonds. The van der Waals surface area contributed by atoms with E-state index in [0.717, 1.165) is 6.07 Å². The highest BCUT2D eigenvalue weighted by molar-refractivity contribution is 5.94. The molecular weight excluding hydrogens is 263 g/mol. The van der Waals surface area contributed by atoms with Crippen molar-refractivity contribution in [2.75, 3.05) is 5.73 Å². The zero-order valence-corrected chi connectivity index (χ0v) is 10.1. The third-order valence-corrected chi connectivity index (χ3v) is 2.57. The van der Waals surface area contributed by atoms with Gasteiger partial charge in [-0.15, -0.1) is 0 Å². The number of ether oxygens (including phenoxy) is 1. The normalized spacial score (nSPS) is 9.80. The quantitative estimate of drug-likeness (QED) is 0.837. The van der Waals surface area contributed by atoms with E-state index in [1.54, 1.807) is 6.07 Å². The molecular formula is C14H9FN2O3. The van der Waals surface area contributed by atoms with Crippen LogP contribution in [0.3, 0.4) is 0 Å². The highest BCUT2D eigenvalue weighted by Crippen LogP contribution is 2.28. The molecule has 0 heterocycles. The maximum Gasteiger partial charge on any atom is 0.337 e. The van der Waals surface area contributed by atoms with E-state index in [9.17, 15) is 9.18 Å². The number of nitrogens with zero attached hydrogens (tertiary/aromatic N) is 1. The number of rotatable bonds is 3. The Balaban J connectivity index is 2.41. The minimum Gasteiger partial charge on any atom is -0.478 e. The minimum absolute atomic E-state index is 0.00797. The van der Waals surface area contributed by atoms with Crippen LogP contribution in [0.4, 0.5) is 10.1 Å². The molecule has 0 spiro atoms. The van der Waals surface area contributed by atoms with Crippen LogP contribution in [0, 0.1) is 17.1 Å². The zero-order chi connectivity index (χ0) is 14.7. The van der Waals surface area contributed by atoms with Gasteiger partial charge in [0, 0.05) is 5.69 Å². The number of nitriles is 1. The summed E-state index contributed by atoms with van der Waals surface area (Å²) >= 11 is 0. The largest absolute Gasteiger partial charge is 0.478 e. The third-order valence-electron chi connectivity index (χ3n) is 2.57. The van der Waals surface area contributed by atoms with Crippen molar-refractivity contribution < 1.29 is 19.0 Å². The molecule has 0 bridgehead atoms. The highest BCUT2D eigenvalue weighted by Gasteiger charge is 2.13. The van der Waals surface area contributed by atoms with Crippen LogP contribution in [0.1, 0.15) is 15.9 Å². The van der Waals surface area contributed by atoms with Gasteiger partial charge in [0.05, 0.1) is 5.56 Å². The smallest absolute Gasteiger partial charge is 0.337 e. The van der Waals surface area contributed by atoms with Crippen LogP contribution < -0.4 is 10.5 Å². The van der Waals surface area contributed by atoms with Gasteiger partial charge in [0.1, 0.15) is 28.9 Å². The van der Waals surface area contributed by atoms with Gasteiger partial charge in [-0.25, -0.2) is 9.18 Å². The standard InChI is InChI=1S/C14H9FN2O3/c15-11-2-1-3-13(10(11)7-16)20-8-4-5-12(17)9(6-8)14(18)19/h1-6H,17H2,(H,18,19). The molecule has 0 aliphatic carbocycles. The summed E-state index contributed by atoms with van der Waals surface area (Å²) in [5, 5.41) is 17.8. The highest BCUT2D eigenvalue weighted by atomic mass is 19.1. The number of halogens is 1. The molecule has 2 rings (SSSR count). The SMILES string of the molecule is N#Cc1c(F)cccc1Oc1ccc(N)c(C(=O)O)c1.